The van der Waals surface area contributed by atoms with Gasteiger partial charge >= 0.3 is 23.9 Å². The van der Waals surface area contributed by atoms with E-state index in [9.17, 15) is 19.2 Å². The monoisotopic (exact) mass is 549 g/mol. The first kappa shape index (κ1) is 34.1. The minimum atomic E-state index is -1.01. The van der Waals surface area contributed by atoms with Gasteiger partial charge in [0.1, 0.15) is 18.8 Å². The average Bonchev–Trinajstić information content (AvgIpc) is 2.87. The highest BCUT2D eigenvalue weighted by Gasteiger charge is 2.25. The lowest BCUT2D eigenvalue weighted by Gasteiger charge is -2.19. The molecule has 0 fully saturated rings. The summed E-state index contributed by atoms with van der Waals surface area (Å²) in [5.74, 6) is -2.55. The van der Waals surface area contributed by atoms with Gasteiger partial charge in [-0.25, -0.2) is 0 Å². The van der Waals surface area contributed by atoms with Crippen molar-refractivity contribution in [3.63, 3.8) is 0 Å². The smallest absolute Gasteiger partial charge is 0.323 e. The van der Waals surface area contributed by atoms with Gasteiger partial charge in [-0.3, -0.25) is 19.2 Å². The molecular weight excluding hydrogens is 502 g/mol. The molecule has 1 aromatic rings. The first-order valence-electron chi connectivity index (χ1n) is 13.9. The van der Waals surface area contributed by atoms with Gasteiger partial charge in [0.2, 0.25) is 0 Å². The number of rotatable bonds is 15. The number of carbonyl (C=O) groups excluding carboxylic acids is 4. The topological polar surface area (TPSA) is 131 Å². The maximum atomic E-state index is 12.7. The van der Waals surface area contributed by atoms with Crippen LogP contribution in [-0.2, 0) is 35.1 Å². The minimum Gasteiger partial charge on any atom is -0.461 e. The fourth-order valence-electron chi connectivity index (χ4n) is 3.33. The molecule has 3 unspecified atom stereocenters. The summed E-state index contributed by atoms with van der Waals surface area (Å²) in [7, 11) is 0. The zero-order valence-electron chi connectivity index (χ0n) is 24.9. The summed E-state index contributed by atoms with van der Waals surface area (Å²) in [6.45, 7) is 16.5. The Kier molecular flexibility index (Phi) is 14.2. The van der Waals surface area contributed by atoms with Gasteiger partial charge in [-0.1, -0.05) is 67.9 Å². The molecule has 9 heteroatoms. The number of benzene rings is 1. The molecule has 0 aromatic heterocycles. The summed E-state index contributed by atoms with van der Waals surface area (Å²) in [6.07, 6.45) is 1.07. The van der Waals surface area contributed by atoms with E-state index in [4.69, 9.17) is 24.7 Å². The Labute approximate surface area is 233 Å². The molecule has 9 nitrogen and oxygen atoms in total. The predicted molar refractivity (Wildman–Crippen MR) is 148 cm³/mol. The van der Waals surface area contributed by atoms with Gasteiger partial charge < -0.3 is 24.7 Å². The van der Waals surface area contributed by atoms with Crippen molar-refractivity contribution >= 4 is 23.9 Å². The molecule has 0 heterocycles. The Morgan fingerprint density at radius 1 is 0.769 bits per heavy atom. The molecule has 1 rings (SSSR count). The molecule has 39 heavy (non-hydrogen) atoms. The summed E-state index contributed by atoms with van der Waals surface area (Å²) in [5, 5.41) is 0. The van der Waals surface area contributed by atoms with Crippen LogP contribution in [0.15, 0.2) is 18.2 Å². The Hall–Kier alpha value is -2.94. The van der Waals surface area contributed by atoms with Gasteiger partial charge in [-0.2, -0.15) is 0 Å². The van der Waals surface area contributed by atoms with Crippen LogP contribution in [0.5, 0.6) is 11.5 Å². The van der Waals surface area contributed by atoms with E-state index in [0.717, 1.165) is 12.8 Å². The third-order valence-corrected chi connectivity index (χ3v) is 6.83. The van der Waals surface area contributed by atoms with E-state index in [1.54, 1.807) is 39.8 Å². The van der Waals surface area contributed by atoms with Crippen LogP contribution < -0.4 is 15.2 Å². The second-order valence-electron chi connectivity index (χ2n) is 11.1. The first-order valence-corrected chi connectivity index (χ1v) is 13.9. The fraction of sp³-hybridized carbons (Fsp3) is 0.667. The Morgan fingerprint density at radius 3 is 1.82 bits per heavy atom. The van der Waals surface area contributed by atoms with Crippen molar-refractivity contribution < 1.29 is 38.1 Å². The van der Waals surface area contributed by atoms with Crippen LogP contribution in [0, 0.1) is 29.6 Å². The van der Waals surface area contributed by atoms with Crippen molar-refractivity contribution in [1.82, 2.24) is 0 Å². The molecule has 0 saturated carbocycles. The highest BCUT2D eigenvalue weighted by molar-refractivity contribution is 5.79. The number of carbonyl (C=O) groups is 4. The third-order valence-electron chi connectivity index (χ3n) is 6.83. The zero-order chi connectivity index (χ0) is 29.9. The quantitative estimate of drug-likeness (QED) is 0.241. The third kappa shape index (κ3) is 11.4. The van der Waals surface area contributed by atoms with E-state index >= 15 is 0 Å². The molecule has 220 valence electrons. The molecule has 0 saturated heterocycles. The molecular formula is C30H47NO8. The van der Waals surface area contributed by atoms with Crippen molar-refractivity contribution in [3.8, 4) is 11.5 Å². The van der Waals surface area contributed by atoms with Gasteiger partial charge in [0, 0.05) is 0 Å². The summed E-state index contributed by atoms with van der Waals surface area (Å²) in [4.78, 5) is 49.8. The number of ether oxygens (including phenoxy) is 4. The van der Waals surface area contributed by atoms with Gasteiger partial charge in [-0.15, -0.1) is 0 Å². The normalized spacial score (nSPS) is 15.2. The molecule has 0 bridgehead atoms. The molecule has 2 N–H and O–H groups in total. The lowest BCUT2D eigenvalue weighted by molar-refractivity contribution is -0.161. The molecule has 1 aromatic carbocycles. The average molecular weight is 550 g/mol. The van der Waals surface area contributed by atoms with Crippen molar-refractivity contribution in [2.75, 3.05) is 6.61 Å². The van der Waals surface area contributed by atoms with Gasteiger partial charge in [0.05, 0.1) is 17.8 Å². The van der Waals surface area contributed by atoms with Gasteiger partial charge in [-0.05, 0) is 49.3 Å². The number of esters is 4. The van der Waals surface area contributed by atoms with Crippen LogP contribution in [0.2, 0.25) is 0 Å². The summed E-state index contributed by atoms with van der Waals surface area (Å²) in [5.41, 5.74) is 6.67. The second-order valence-corrected chi connectivity index (χ2v) is 11.1. The Bertz CT molecular complexity index is 974. The maximum absolute atomic E-state index is 12.7. The van der Waals surface area contributed by atoms with Crippen LogP contribution in [0.3, 0.4) is 0 Å². The van der Waals surface area contributed by atoms with E-state index < -0.39 is 30.1 Å². The molecule has 0 radical (unpaired) electrons. The Balaban J connectivity index is 2.94. The first-order chi connectivity index (χ1) is 18.2. The summed E-state index contributed by atoms with van der Waals surface area (Å²) in [6, 6.07) is 3.71. The number of hydrogen-bond donors (Lipinski definition) is 1. The highest BCUT2D eigenvalue weighted by Crippen LogP contribution is 2.31. The SMILES string of the molecule is CCCC(C)C(=O)O[C@@H](C)COC(=O)[C@@H](N)Cc1ccc(OC(=O)C(C)C(C)C)c(OC(=O)C(C)C(C)C)c1. The lowest BCUT2D eigenvalue weighted by atomic mass is 9.98. The van der Waals surface area contributed by atoms with Gasteiger partial charge in [0.15, 0.2) is 11.5 Å². The molecule has 0 aliphatic carbocycles. The molecule has 0 aliphatic rings. The molecule has 0 spiro atoms. The summed E-state index contributed by atoms with van der Waals surface area (Å²) < 4.78 is 21.8. The van der Waals surface area contributed by atoms with Crippen molar-refractivity contribution in [2.45, 2.75) is 93.7 Å². The minimum absolute atomic E-state index is 0.0485. The van der Waals surface area contributed by atoms with Gasteiger partial charge in [0.25, 0.3) is 0 Å². The molecule has 0 aliphatic heterocycles. The standard InChI is InChI=1S/C30H47NO8/c1-10-11-19(6)27(32)37-20(7)16-36-30(35)24(31)14-23-12-13-25(38-28(33)21(8)17(2)3)26(15-23)39-29(34)22(9)18(4)5/h12-13,15,17-22,24H,10-11,14,16,31H2,1-9H3/t19?,20-,21?,22?,24-/m0/s1. The van der Waals surface area contributed by atoms with Crippen molar-refractivity contribution in [2.24, 2.45) is 35.3 Å². The van der Waals surface area contributed by atoms with Crippen LogP contribution >= 0.6 is 0 Å². The van der Waals surface area contributed by atoms with E-state index in [1.165, 1.54) is 6.07 Å². The van der Waals surface area contributed by atoms with Crippen molar-refractivity contribution in [3.05, 3.63) is 23.8 Å². The number of hydrogen-bond acceptors (Lipinski definition) is 9. The zero-order valence-corrected chi connectivity index (χ0v) is 24.9. The van der Waals surface area contributed by atoms with E-state index in [2.05, 4.69) is 0 Å². The molecule has 5 atom stereocenters. The fourth-order valence-corrected chi connectivity index (χ4v) is 3.33. The highest BCUT2D eigenvalue weighted by atomic mass is 16.6. The number of nitrogens with two attached hydrogens (primary N) is 1. The second kappa shape index (κ2) is 16.2. The van der Waals surface area contributed by atoms with Crippen molar-refractivity contribution in [1.29, 1.82) is 0 Å². The van der Waals surface area contributed by atoms with E-state index in [0.29, 0.717) is 5.56 Å². The van der Waals surface area contributed by atoms with Crippen LogP contribution in [0.1, 0.15) is 80.7 Å². The predicted octanol–water partition coefficient (Wildman–Crippen LogP) is 4.86. The Morgan fingerprint density at radius 2 is 1.31 bits per heavy atom. The van der Waals surface area contributed by atoms with E-state index in [1.807, 2.05) is 34.6 Å². The van der Waals surface area contributed by atoms with E-state index in [-0.39, 0.29) is 60.1 Å². The van der Waals surface area contributed by atoms with Crippen LogP contribution in [0.25, 0.3) is 0 Å². The van der Waals surface area contributed by atoms with Crippen LogP contribution in [-0.4, -0.2) is 42.6 Å². The lowest BCUT2D eigenvalue weighted by Crippen LogP contribution is -2.36. The maximum Gasteiger partial charge on any atom is 0.323 e. The van der Waals surface area contributed by atoms with Crippen LogP contribution in [0.4, 0.5) is 0 Å². The summed E-state index contributed by atoms with van der Waals surface area (Å²) >= 11 is 0. The molecule has 0 amide bonds. The largest absolute Gasteiger partial charge is 0.461 e.